The van der Waals surface area contributed by atoms with Crippen LogP contribution in [0.4, 0.5) is 4.79 Å². The Balaban J connectivity index is 1.33. The zero-order chi connectivity index (χ0) is 24.4. The number of hydrogen-bond donors (Lipinski definition) is 3. The summed E-state index contributed by atoms with van der Waals surface area (Å²) >= 11 is 0. The molecule has 0 heterocycles. The van der Waals surface area contributed by atoms with Gasteiger partial charge in [-0.25, -0.2) is 4.79 Å². The molecule has 1 fully saturated rings. The van der Waals surface area contributed by atoms with Crippen LogP contribution in [0.5, 0.6) is 0 Å². The molecule has 1 saturated carbocycles. The minimum absolute atomic E-state index is 0.0142. The molecule has 0 bridgehead atoms. The van der Waals surface area contributed by atoms with E-state index in [1.807, 2.05) is 38.1 Å². The standard InChI is InChI=1S/C27H32N2O5/c1-15(2)24(25(30)28-13-17-12-22(17)26(31)32)16(3)29-27(33)34-14-23-20-10-6-4-8-18(20)19-9-5-7-11-21(19)23/h4-11,15-17,22-24H,12-14H2,1-3H3,(H,28,30)(H,29,33)(H,31,32)/t16?,17-,22-,24?/m1/s1. The van der Waals surface area contributed by atoms with E-state index in [9.17, 15) is 14.4 Å². The molecular formula is C27H32N2O5. The van der Waals surface area contributed by atoms with Crippen LogP contribution in [0, 0.1) is 23.7 Å². The number of rotatable bonds is 9. The molecule has 2 aliphatic carbocycles. The molecule has 3 N–H and O–H groups in total. The summed E-state index contributed by atoms with van der Waals surface area (Å²) in [5.74, 6) is -1.88. The summed E-state index contributed by atoms with van der Waals surface area (Å²) in [6.07, 6.45) is 0.0381. The van der Waals surface area contributed by atoms with E-state index < -0.39 is 24.0 Å². The van der Waals surface area contributed by atoms with Gasteiger partial charge in [0.05, 0.1) is 11.8 Å². The molecule has 0 spiro atoms. The predicted molar refractivity (Wildman–Crippen MR) is 128 cm³/mol. The number of aliphatic carboxylic acids is 1. The number of hydrogen-bond acceptors (Lipinski definition) is 4. The van der Waals surface area contributed by atoms with Crippen molar-refractivity contribution in [2.75, 3.05) is 13.2 Å². The van der Waals surface area contributed by atoms with E-state index in [1.54, 1.807) is 6.92 Å². The van der Waals surface area contributed by atoms with Crippen LogP contribution in [0.15, 0.2) is 48.5 Å². The van der Waals surface area contributed by atoms with Gasteiger partial charge < -0.3 is 20.5 Å². The van der Waals surface area contributed by atoms with Crippen LogP contribution in [0.25, 0.3) is 11.1 Å². The Morgan fingerprint density at radius 1 is 1.00 bits per heavy atom. The zero-order valence-corrected chi connectivity index (χ0v) is 19.8. The van der Waals surface area contributed by atoms with E-state index >= 15 is 0 Å². The largest absolute Gasteiger partial charge is 0.481 e. The van der Waals surface area contributed by atoms with E-state index in [0.717, 1.165) is 22.3 Å². The van der Waals surface area contributed by atoms with Gasteiger partial charge in [0, 0.05) is 18.5 Å². The molecule has 180 valence electrons. The summed E-state index contributed by atoms with van der Waals surface area (Å²) in [5, 5.41) is 14.7. The zero-order valence-electron chi connectivity index (χ0n) is 19.8. The Morgan fingerprint density at radius 2 is 1.59 bits per heavy atom. The van der Waals surface area contributed by atoms with Gasteiger partial charge >= 0.3 is 12.1 Å². The van der Waals surface area contributed by atoms with Crippen LogP contribution in [0.3, 0.4) is 0 Å². The van der Waals surface area contributed by atoms with Crippen LogP contribution in [-0.2, 0) is 14.3 Å². The number of alkyl carbamates (subject to hydrolysis) is 1. The third-order valence-electron chi connectivity index (χ3n) is 7.03. The number of amides is 2. The number of benzene rings is 2. The van der Waals surface area contributed by atoms with Crippen molar-refractivity contribution in [1.29, 1.82) is 0 Å². The number of fused-ring (bicyclic) bond motifs is 3. The summed E-state index contributed by atoms with van der Waals surface area (Å²) < 4.78 is 5.62. The number of carboxylic acid groups (broad SMARTS) is 1. The summed E-state index contributed by atoms with van der Waals surface area (Å²) in [6.45, 7) is 6.21. The van der Waals surface area contributed by atoms with Crippen LogP contribution < -0.4 is 10.6 Å². The Hall–Kier alpha value is -3.35. The lowest BCUT2D eigenvalue weighted by molar-refractivity contribution is -0.139. The highest BCUT2D eigenvalue weighted by Crippen LogP contribution is 2.44. The fraction of sp³-hybridized carbons (Fsp3) is 0.444. The van der Waals surface area contributed by atoms with Gasteiger partial charge in [-0.15, -0.1) is 0 Å². The Labute approximate surface area is 199 Å². The summed E-state index contributed by atoms with van der Waals surface area (Å²) in [6, 6.07) is 15.9. The van der Waals surface area contributed by atoms with E-state index in [-0.39, 0.29) is 36.2 Å². The molecule has 2 aromatic rings. The van der Waals surface area contributed by atoms with Crippen molar-refractivity contribution in [3.63, 3.8) is 0 Å². The number of carboxylic acids is 1. The normalized spacial score (nSPS) is 20.1. The maximum Gasteiger partial charge on any atom is 0.407 e. The molecule has 0 aliphatic heterocycles. The maximum absolute atomic E-state index is 12.8. The quantitative estimate of drug-likeness (QED) is 0.520. The molecule has 2 aromatic carbocycles. The molecule has 4 atom stereocenters. The summed E-state index contributed by atoms with van der Waals surface area (Å²) in [4.78, 5) is 36.5. The number of carbonyl (C=O) groups is 3. The molecule has 34 heavy (non-hydrogen) atoms. The third-order valence-corrected chi connectivity index (χ3v) is 7.03. The van der Waals surface area contributed by atoms with Crippen molar-refractivity contribution < 1.29 is 24.2 Å². The fourth-order valence-corrected chi connectivity index (χ4v) is 5.15. The topological polar surface area (TPSA) is 105 Å². The van der Waals surface area contributed by atoms with Crippen molar-refractivity contribution >= 4 is 18.0 Å². The molecular weight excluding hydrogens is 432 g/mol. The third kappa shape index (κ3) is 4.93. The van der Waals surface area contributed by atoms with Crippen molar-refractivity contribution in [2.45, 2.75) is 39.2 Å². The lowest BCUT2D eigenvalue weighted by Gasteiger charge is -2.27. The maximum atomic E-state index is 12.8. The van der Waals surface area contributed by atoms with Crippen molar-refractivity contribution in [2.24, 2.45) is 23.7 Å². The Morgan fingerprint density at radius 3 is 2.12 bits per heavy atom. The van der Waals surface area contributed by atoms with Gasteiger partial charge in [-0.05, 0) is 47.4 Å². The SMILES string of the molecule is CC(C)C(C(=O)NC[C@H]1C[C@H]1C(=O)O)C(C)NC(=O)OCC1c2ccccc2-c2ccccc21. The van der Waals surface area contributed by atoms with Crippen molar-refractivity contribution in [3.8, 4) is 11.1 Å². The minimum atomic E-state index is -0.815. The predicted octanol–water partition coefficient (Wildman–Crippen LogP) is 4.02. The van der Waals surface area contributed by atoms with Crippen molar-refractivity contribution in [3.05, 3.63) is 59.7 Å². The van der Waals surface area contributed by atoms with Gasteiger partial charge in [0.1, 0.15) is 6.61 Å². The van der Waals surface area contributed by atoms with Gasteiger partial charge in [0.15, 0.2) is 0 Å². The lowest BCUT2D eigenvalue weighted by Crippen LogP contribution is -2.48. The molecule has 2 aliphatic rings. The van der Waals surface area contributed by atoms with Gasteiger partial charge in [0.25, 0.3) is 0 Å². The summed E-state index contributed by atoms with van der Waals surface area (Å²) in [5.41, 5.74) is 4.61. The number of nitrogens with one attached hydrogen (secondary N) is 2. The summed E-state index contributed by atoms with van der Waals surface area (Å²) in [7, 11) is 0. The van der Waals surface area contributed by atoms with Gasteiger partial charge in [0.2, 0.25) is 5.91 Å². The monoisotopic (exact) mass is 464 g/mol. The van der Waals surface area contributed by atoms with E-state index in [0.29, 0.717) is 13.0 Å². The molecule has 4 rings (SSSR count). The van der Waals surface area contributed by atoms with Crippen LogP contribution in [0.2, 0.25) is 0 Å². The Kier molecular flexibility index (Phi) is 6.91. The minimum Gasteiger partial charge on any atom is -0.481 e. The first kappa shape index (κ1) is 23.8. The second-order valence-corrected chi connectivity index (χ2v) is 9.71. The smallest absolute Gasteiger partial charge is 0.407 e. The highest BCUT2D eigenvalue weighted by atomic mass is 16.5. The average Bonchev–Trinajstić information content (AvgIpc) is 3.52. The average molecular weight is 465 g/mol. The van der Waals surface area contributed by atoms with Crippen LogP contribution in [-0.4, -0.2) is 42.3 Å². The fourth-order valence-electron chi connectivity index (χ4n) is 5.15. The molecule has 7 nitrogen and oxygen atoms in total. The molecule has 0 aromatic heterocycles. The highest BCUT2D eigenvalue weighted by Gasteiger charge is 2.43. The van der Waals surface area contributed by atoms with Gasteiger partial charge in [-0.3, -0.25) is 9.59 Å². The Bertz CT molecular complexity index is 1040. The first-order valence-corrected chi connectivity index (χ1v) is 11.9. The number of carbonyl (C=O) groups excluding carboxylic acids is 2. The molecule has 2 amide bonds. The second kappa shape index (κ2) is 9.87. The highest BCUT2D eigenvalue weighted by molar-refractivity contribution is 5.81. The molecule has 0 radical (unpaired) electrons. The van der Waals surface area contributed by atoms with E-state index in [4.69, 9.17) is 9.84 Å². The molecule has 2 unspecified atom stereocenters. The molecule has 0 saturated heterocycles. The first-order chi connectivity index (χ1) is 16.3. The van der Waals surface area contributed by atoms with Crippen LogP contribution in [0.1, 0.15) is 44.2 Å². The van der Waals surface area contributed by atoms with Crippen molar-refractivity contribution in [1.82, 2.24) is 10.6 Å². The van der Waals surface area contributed by atoms with Gasteiger partial charge in [-0.2, -0.15) is 0 Å². The molecule has 7 heteroatoms. The lowest BCUT2D eigenvalue weighted by atomic mass is 9.88. The first-order valence-electron chi connectivity index (χ1n) is 11.9. The van der Waals surface area contributed by atoms with E-state index in [2.05, 4.69) is 34.9 Å². The number of ether oxygens (including phenoxy) is 1. The van der Waals surface area contributed by atoms with Gasteiger partial charge in [-0.1, -0.05) is 62.4 Å². The second-order valence-electron chi connectivity index (χ2n) is 9.71. The van der Waals surface area contributed by atoms with E-state index in [1.165, 1.54) is 0 Å². The van der Waals surface area contributed by atoms with Crippen LogP contribution >= 0.6 is 0 Å².